The number of urea groups is 1. The zero-order valence-electron chi connectivity index (χ0n) is 13.1. The summed E-state index contributed by atoms with van der Waals surface area (Å²) in [5, 5.41) is 3.72. The maximum atomic E-state index is 12.5. The fraction of sp³-hybridized carbons (Fsp3) is 0.533. The van der Waals surface area contributed by atoms with E-state index >= 15 is 0 Å². The number of rotatable bonds is 4. The van der Waals surface area contributed by atoms with Crippen LogP contribution >= 0.6 is 23.2 Å². The monoisotopic (exact) mass is 378 g/mol. The van der Waals surface area contributed by atoms with Gasteiger partial charge in [0.2, 0.25) is 0 Å². The summed E-state index contributed by atoms with van der Waals surface area (Å²) in [5.74, 6) is 0.143. The second-order valence-electron chi connectivity index (χ2n) is 6.02. The first-order valence-electron chi connectivity index (χ1n) is 7.39. The molecule has 8 heteroatoms. The number of nitrogens with zero attached hydrogens (tertiary/aromatic N) is 1. The van der Waals surface area contributed by atoms with Gasteiger partial charge in [-0.2, -0.15) is 0 Å². The van der Waals surface area contributed by atoms with Crippen LogP contribution in [-0.2, 0) is 16.4 Å². The van der Waals surface area contributed by atoms with Crippen molar-refractivity contribution >= 4 is 39.1 Å². The van der Waals surface area contributed by atoms with Crippen molar-refractivity contribution in [3.63, 3.8) is 0 Å². The van der Waals surface area contributed by atoms with E-state index in [2.05, 4.69) is 5.32 Å². The first-order valence-corrected chi connectivity index (χ1v) is 9.97. The van der Waals surface area contributed by atoms with E-state index in [9.17, 15) is 13.2 Å². The standard InChI is InChI=1S/C15H20Cl2N2O3S/c1-10(2)19(8-11-3-4-13(16)14(17)7-11)15(20)18-12-5-6-23(21,22)9-12/h3-4,7,10,12H,5-6,8-9H2,1-2H3,(H,18,20)/t12-/m0/s1. The number of halogens is 2. The van der Waals surface area contributed by atoms with Gasteiger partial charge in [0.1, 0.15) is 0 Å². The average molecular weight is 379 g/mol. The predicted octanol–water partition coefficient (Wildman–Crippen LogP) is 3.10. The minimum absolute atomic E-state index is 0.0114. The Morgan fingerprint density at radius 3 is 2.57 bits per heavy atom. The number of hydrogen-bond donors (Lipinski definition) is 1. The third kappa shape index (κ3) is 4.99. The van der Waals surface area contributed by atoms with Crippen LogP contribution in [0.15, 0.2) is 18.2 Å². The number of carbonyl (C=O) groups is 1. The molecule has 0 spiro atoms. The van der Waals surface area contributed by atoms with Crippen molar-refractivity contribution in [1.82, 2.24) is 10.2 Å². The summed E-state index contributed by atoms with van der Waals surface area (Å²) in [4.78, 5) is 14.1. The highest BCUT2D eigenvalue weighted by Gasteiger charge is 2.30. The van der Waals surface area contributed by atoms with E-state index in [1.807, 2.05) is 19.9 Å². The van der Waals surface area contributed by atoms with Crippen molar-refractivity contribution in [2.45, 2.75) is 38.9 Å². The topological polar surface area (TPSA) is 66.5 Å². The largest absolute Gasteiger partial charge is 0.334 e. The number of hydrogen-bond acceptors (Lipinski definition) is 3. The van der Waals surface area contributed by atoms with Crippen LogP contribution in [-0.4, -0.2) is 42.9 Å². The number of sulfone groups is 1. The second kappa shape index (κ2) is 7.28. The van der Waals surface area contributed by atoms with Crippen LogP contribution < -0.4 is 5.32 Å². The first kappa shape index (κ1) is 18.4. The quantitative estimate of drug-likeness (QED) is 0.874. The fourth-order valence-electron chi connectivity index (χ4n) is 2.49. The lowest BCUT2D eigenvalue weighted by Crippen LogP contribution is -2.47. The van der Waals surface area contributed by atoms with Crippen LogP contribution in [0, 0.1) is 0 Å². The Morgan fingerprint density at radius 2 is 2.04 bits per heavy atom. The van der Waals surface area contributed by atoms with Gasteiger partial charge in [-0.3, -0.25) is 0 Å². The highest BCUT2D eigenvalue weighted by molar-refractivity contribution is 7.91. The van der Waals surface area contributed by atoms with Crippen molar-refractivity contribution in [3.05, 3.63) is 33.8 Å². The van der Waals surface area contributed by atoms with Gasteiger partial charge in [0.25, 0.3) is 0 Å². The molecule has 0 aromatic heterocycles. The molecule has 128 valence electrons. The average Bonchev–Trinajstić information content (AvgIpc) is 2.78. The van der Waals surface area contributed by atoms with Crippen LogP contribution in [0.3, 0.4) is 0 Å². The molecular weight excluding hydrogens is 359 g/mol. The molecule has 23 heavy (non-hydrogen) atoms. The van der Waals surface area contributed by atoms with Gasteiger partial charge in [-0.05, 0) is 38.0 Å². The molecule has 1 N–H and O–H groups in total. The van der Waals surface area contributed by atoms with Crippen LogP contribution in [0.5, 0.6) is 0 Å². The molecule has 2 rings (SSSR count). The second-order valence-corrected chi connectivity index (χ2v) is 9.06. The highest BCUT2D eigenvalue weighted by atomic mass is 35.5. The van der Waals surface area contributed by atoms with Gasteiger partial charge in [-0.25, -0.2) is 13.2 Å². The Morgan fingerprint density at radius 1 is 1.35 bits per heavy atom. The summed E-state index contributed by atoms with van der Waals surface area (Å²) in [5.41, 5.74) is 0.863. The van der Waals surface area contributed by atoms with E-state index in [-0.39, 0.29) is 29.6 Å². The van der Waals surface area contributed by atoms with E-state index in [1.165, 1.54) is 0 Å². The van der Waals surface area contributed by atoms with Crippen molar-refractivity contribution < 1.29 is 13.2 Å². The van der Waals surface area contributed by atoms with Gasteiger partial charge in [-0.15, -0.1) is 0 Å². The van der Waals surface area contributed by atoms with E-state index in [1.54, 1.807) is 17.0 Å². The Labute approximate surface area is 146 Å². The summed E-state index contributed by atoms with van der Waals surface area (Å²) in [6.07, 6.45) is 0.465. The molecule has 1 aromatic rings. The van der Waals surface area contributed by atoms with E-state index < -0.39 is 9.84 Å². The molecule has 1 saturated heterocycles. The predicted molar refractivity (Wildman–Crippen MR) is 92.7 cm³/mol. The fourth-order valence-corrected chi connectivity index (χ4v) is 4.48. The first-order chi connectivity index (χ1) is 10.7. The van der Waals surface area contributed by atoms with Gasteiger partial charge in [-0.1, -0.05) is 29.3 Å². The summed E-state index contributed by atoms with van der Waals surface area (Å²) in [6, 6.07) is 4.61. The molecule has 0 aliphatic carbocycles. The zero-order valence-corrected chi connectivity index (χ0v) is 15.4. The molecule has 5 nitrogen and oxygen atoms in total. The van der Waals surface area contributed by atoms with E-state index in [0.29, 0.717) is 23.0 Å². The van der Waals surface area contributed by atoms with E-state index in [0.717, 1.165) is 5.56 Å². The van der Waals surface area contributed by atoms with Gasteiger partial charge < -0.3 is 10.2 Å². The Bertz CT molecular complexity index is 692. The van der Waals surface area contributed by atoms with Crippen molar-refractivity contribution in [2.75, 3.05) is 11.5 Å². The van der Waals surface area contributed by atoms with Gasteiger partial charge in [0.05, 0.1) is 21.6 Å². The summed E-state index contributed by atoms with van der Waals surface area (Å²) in [7, 11) is -3.02. The molecule has 1 aromatic carbocycles. The number of carbonyl (C=O) groups excluding carboxylic acids is 1. The van der Waals surface area contributed by atoms with Crippen molar-refractivity contribution in [1.29, 1.82) is 0 Å². The van der Waals surface area contributed by atoms with Crippen molar-refractivity contribution in [3.8, 4) is 0 Å². The van der Waals surface area contributed by atoms with Crippen LogP contribution in [0.1, 0.15) is 25.8 Å². The third-order valence-corrected chi connectivity index (χ3v) is 6.29. The lowest BCUT2D eigenvalue weighted by molar-refractivity contribution is 0.177. The molecule has 1 atom stereocenters. The number of benzene rings is 1. The van der Waals surface area contributed by atoms with Gasteiger partial charge in [0.15, 0.2) is 9.84 Å². The van der Waals surface area contributed by atoms with E-state index in [4.69, 9.17) is 23.2 Å². The molecular formula is C15H20Cl2N2O3S. The Kier molecular flexibility index (Phi) is 5.81. The lowest BCUT2D eigenvalue weighted by atomic mass is 10.2. The molecule has 0 bridgehead atoms. The van der Waals surface area contributed by atoms with Gasteiger partial charge >= 0.3 is 6.03 Å². The van der Waals surface area contributed by atoms with Crippen LogP contribution in [0.4, 0.5) is 4.79 Å². The number of amides is 2. The number of nitrogens with one attached hydrogen (secondary N) is 1. The van der Waals surface area contributed by atoms with Crippen LogP contribution in [0.2, 0.25) is 10.0 Å². The molecule has 1 heterocycles. The Hall–Kier alpha value is -0.980. The van der Waals surface area contributed by atoms with Gasteiger partial charge in [0, 0.05) is 18.6 Å². The molecule has 1 aliphatic heterocycles. The third-order valence-electron chi connectivity index (χ3n) is 3.78. The molecule has 0 unspecified atom stereocenters. The maximum Gasteiger partial charge on any atom is 0.318 e. The lowest BCUT2D eigenvalue weighted by Gasteiger charge is -2.28. The van der Waals surface area contributed by atoms with Crippen molar-refractivity contribution in [2.24, 2.45) is 0 Å². The SMILES string of the molecule is CC(C)N(Cc1ccc(Cl)c(Cl)c1)C(=O)N[C@H]1CCS(=O)(=O)C1. The smallest absolute Gasteiger partial charge is 0.318 e. The zero-order chi connectivity index (χ0) is 17.2. The molecule has 0 radical (unpaired) electrons. The maximum absolute atomic E-state index is 12.5. The minimum atomic E-state index is -3.02. The summed E-state index contributed by atoms with van der Waals surface area (Å²) < 4.78 is 23.0. The summed E-state index contributed by atoms with van der Waals surface area (Å²) >= 11 is 11.9. The highest BCUT2D eigenvalue weighted by Crippen LogP contribution is 2.23. The molecule has 0 saturated carbocycles. The minimum Gasteiger partial charge on any atom is -0.334 e. The molecule has 1 aliphatic rings. The van der Waals surface area contributed by atoms with Crippen LogP contribution in [0.25, 0.3) is 0 Å². The molecule has 1 fully saturated rings. The molecule has 2 amide bonds. The Balaban J connectivity index is 2.05. The normalized spacial score (nSPS) is 19.8. The summed E-state index contributed by atoms with van der Waals surface area (Å²) in [6.45, 7) is 4.19.